The average Bonchev–Trinajstić information content (AvgIpc) is 2.17. The molecule has 0 aromatic rings. The third kappa shape index (κ3) is 4.64. The van der Waals surface area contributed by atoms with E-state index in [0.717, 1.165) is 12.8 Å². The van der Waals surface area contributed by atoms with E-state index in [2.05, 4.69) is 0 Å². The summed E-state index contributed by atoms with van der Waals surface area (Å²) in [7, 11) is 0. The molecule has 0 aromatic heterocycles. The van der Waals surface area contributed by atoms with Crippen molar-refractivity contribution < 1.29 is 19.1 Å². The predicted octanol–water partition coefficient (Wildman–Crippen LogP) is 1.20. The van der Waals surface area contributed by atoms with Crippen LogP contribution in [0.1, 0.15) is 25.7 Å². The van der Waals surface area contributed by atoms with Crippen molar-refractivity contribution in [2.45, 2.75) is 25.7 Å². The molecule has 1 aliphatic rings. The average molecular weight is 198 g/mol. The lowest BCUT2D eigenvalue weighted by Gasteiger charge is -2.05. The summed E-state index contributed by atoms with van der Waals surface area (Å²) < 4.78 is 9.73. The number of hydrogen-bond acceptors (Lipinski definition) is 4. The molecule has 0 radical (unpaired) electrons. The van der Waals surface area contributed by atoms with Crippen molar-refractivity contribution in [3.05, 3.63) is 12.2 Å². The molecular formula is C10H14O4. The first-order chi connectivity index (χ1) is 6.79. The maximum absolute atomic E-state index is 11.0. The van der Waals surface area contributed by atoms with Crippen LogP contribution in [0.5, 0.6) is 0 Å². The molecule has 0 unspecified atom stereocenters. The minimum atomic E-state index is -0.337. The van der Waals surface area contributed by atoms with Gasteiger partial charge in [-0.05, 0) is 12.8 Å². The Kier molecular flexibility index (Phi) is 4.75. The van der Waals surface area contributed by atoms with Gasteiger partial charge in [0.15, 0.2) is 0 Å². The van der Waals surface area contributed by atoms with Crippen LogP contribution in [0.25, 0.3) is 0 Å². The molecule has 0 saturated carbocycles. The van der Waals surface area contributed by atoms with Crippen molar-refractivity contribution in [2.24, 2.45) is 0 Å². The molecular weight excluding hydrogens is 184 g/mol. The summed E-state index contributed by atoms with van der Waals surface area (Å²) in [6, 6.07) is 0. The van der Waals surface area contributed by atoms with Crippen LogP contribution in [-0.2, 0) is 19.1 Å². The maximum atomic E-state index is 11.0. The maximum Gasteiger partial charge on any atom is 0.306 e. The highest BCUT2D eigenvalue weighted by molar-refractivity contribution is 5.77. The van der Waals surface area contributed by atoms with Gasteiger partial charge in [-0.1, -0.05) is 12.2 Å². The molecule has 0 aliphatic carbocycles. The van der Waals surface area contributed by atoms with Crippen molar-refractivity contribution in [1.82, 2.24) is 0 Å². The third-order valence-corrected chi connectivity index (χ3v) is 1.80. The van der Waals surface area contributed by atoms with Gasteiger partial charge in [0.1, 0.15) is 0 Å². The minimum Gasteiger partial charge on any atom is -0.465 e. The fraction of sp³-hybridized carbons (Fsp3) is 0.600. The molecule has 4 nitrogen and oxygen atoms in total. The quantitative estimate of drug-likeness (QED) is 0.433. The Morgan fingerprint density at radius 3 is 1.71 bits per heavy atom. The summed E-state index contributed by atoms with van der Waals surface area (Å²) in [5.74, 6) is -0.674. The standard InChI is InChI=1S/C10H14O4/c11-9-5-6-10(12)14-8-4-2-1-3-7-13-9/h1-2H,3-8H2. The second-order valence-electron chi connectivity index (χ2n) is 2.99. The minimum absolute atomic E-state index is 0.114. The summed E-state index contributed by atoms with van der Waals surface area (Å²) in [6.45, 7) is 0.786. The Bertz CT molecular complexity index is 208. The van der Waals surface area contributed by atoms with E-state index in [-0.39, 0.29) is 24.8 Å². The van der Waals surface area contributed by atoms with E-state index < -0.39 is 0 Å². The smallest absolute Gasteiger partial charge is 0.306 e. The van der Waals surface area contributed by atoms with E-state index in [0.29, 0.717) is 13.2 Å². The van der Waals surface area contributed by atoms with Crippen LogP contribution in [0.15, 0.2) is 12.2 Å². The lowest BCUT2D eigenvalue weighted by atomic mass is 10.3. The Morgan fingerprint density at radius 1 is 0.857 bits per heavy atom. The molecule has 1 aliphatic heterocycles. The topological polar surface area (TPSA) is 52.6 Å². The second kappa shape index (κ2) is 6.18. The predicted molar refractivity (Wildman–Crippen MR) is 49.5 cm³/mol. The van der Waals surface area contributed by atoms with Crippen LogP contribution < -0.4 is 0 Å². The number of carbonyl (C=O) groups is 2. The fourth-order valence-electron chi connectivity index (χ4n) is 1.07. The summed E-state index contributed by atoms with van der Waals surface area (Å²) in [6.07, 6.45) is 5.51. The summed E-state index contributed by atoms with van der Waals surface area (Å²) in [5, 5.41) is 0. The third-order valence-electron chi connectivity index (χ3n) is 1.80. The van der Waals surface area contributed by atoms with Gasteiger partial charge >= 0.3 is 11.9 Å². The Balaban J connectivity index is 2.38. The zero-order valence-electron chi connectivity index (χ0n) is 8.03. The molecule has 0 fully saturated rings. The van der Waals surface area contributed by atoms with E-state index in [1.54, 1.807) is 0 Å². The molecule has 4 heteroatoms. The molecule has 0 amide bonds. The SMILES string of the molecule is O=C1CCC(=O)OCCC=CCCO1. The zero-order chi connectivity index (χ0) is 10.2. The Labute approximate surface area is 82.9 Å². The normalized spacial score (nSPS) is 20.3. The molecule has 1 heterocycles. The molecule has 0 aromatic carbocycles. The van der Waals surface area contributed by atoms with Crippen molar-refractivity contribution in [2.75, 3.05) is 13.2 Å². The van der Waals surface area contributed by atoms with Crippen molar-refractivity contribution in [3.63, 3.8) is 0 Å². The van der Waals surface area contributed by atoms with Crippen LogP contribution in [0, 0.1) is 0 Å². The largest absolute Gasteiger partial charge is 0.465 e. The van der Waals surface area contributed by atoms with Crippen LogP contribution in [0.3, 0.4) is 0 Å². The van der Waals surface area contributed by atoms with Gasteiger partial charge in [0.05, 0.1) is 26.1 Å². The highest BCUT2D eigenvalue weighted by Crippen LogP contribution is 2.00. The van der Waals surface area contributed by atoms with Gasteiger partial charge in [-0.2, -0.15) is 0 Å². The number of hydrogen-bond donors (Lipinski definition) is 0. The lowest BCUT2D eigenvalue weighted by Crippen LogP contribution is -2.11. The van der Waals surface area contributed by atoms with E-state index in [4.69, 9.17) is 9.47 Å². The number of esters is 2. The molecule has 0 N–H and O–H groups in total. The fourth-order valence-corrected chi connectivity index (χ4v) is 1.07. The van der Waals surface area contributed by atoms with Crippen molar-refractivity contribution >= 4 is 11.9 Å². The van der Waals surface area contributed by atoms with E-state index in [9.17, 15) is 9.59 Å². The van der Waals surface area contributed by atoms with Crippen LogP contribution >= 0.6 is 0 Å². The van der Waals surface area contributed by atoms with Gasteiger partial charge in [-0.25, -0.2) is 0 Å². The Morgan fingerprint density at radius 2 is 1.29 bits per heavy atom. The number of rotatable bonds is 0. The summed E-state index contributed by atoms with van der Waals surface area (Å²) >= 11 is 0. The first-order valence-corrected chi connectivity index (χ1v) is 4.75. The van der Waals surface area contributed by atoms with Gasteiger partial charge < -0.3 is 9.47 Å². The first kappa shape index (κ1) is 10.8. The Hall–Kier alpha value is -1.32. The molecule has 78 valence electrons. The highest BCUT2D eigenvalue weighted by Gasteiger charge is 2.08. The van der Waals surface area contributed by atoms with Crippen molar-refractivity contribution in [3.8, 4) is 0 Å². The molecule has 0 atom stereocenters. The van der Waals surface area contributed by atoms with Crippen LogP contribution in [0.2, 0.25) is 0 Å². The van der Waals surface area contributed by atoms with E-state index >= 15 is 0 Å². The summed E-state index contributed by atoms with van der Waals surface area (Å²) in [5.41, 5.74) is 0. The van der Waals surface area contributed by atoms with Crippen molar-refractivity contribution in [1.29, 1.82) is 0 Å². The van der Waals surface area contributed by atoms with Gasteiger partial charge in [0.2, 0.25) is 0 Å². The molecule has 0 bridgehead atoms. The molecule has 14 heavy (non-hydrogen) atoms. The van der Waals surface area contributed by atoms with Gasteiger partial charge in [0.25, 0.3) is 0 Å². The van der Waals surface area contributed by atoms with E-state index in [1.807, 2.05) is 12.2 Å². The van der Waals surface area contributed by atoms with Gasteiger partial charge in [-0.3, -0.25) is 9.59 Å². The molecule has 1 rings (SSSR count). The lowest BCUT2D eigenvalue weighted by molar-refractivity contribution is -0.150. The van der Waals surface area contributed by atoms with Crippen LogP contribution in [-0.4, -0.2) is 25.2 Å². The highest BCUT2D eigenvalue weighted by atomic mass is 16.5. The van der Waals surface area contributed by atoms with E-state index in [1.165, 1.54) is 0 Å². The van der Waals surface area contributed by atoms with Gasteiger partial charge in [-0.15, -0.1) is 0 Å². The monoisotopic (exact) mass is 198 g/mol. The zero-order valence-corrected chi connectivity index (χ0v) is 8.03. The molecule has 0 saturated heterocycles. The second-order valence-corrected chi connectivity index (χ2v) is 2.99. The molecule has 0 spiro atoms. The van der Waals surface area contributed by atoms with Crippen LogP contribution in [0.4, 0.5) is 0 Å². The number of cyclic esters (lactones) is 2. The summed E-state index contributed by atoms with van der Waals surface area (Å²) in [4.78, 5) is 22.0. The first-order valence-electron chi connectivity index (χ1n) is 4.75. The van der Waals surface area contributed by atoms with Gasteiger partial charge in [0, 0.05) is 0 Å². The number of ether oxygens (including phenoxy) is 2. The number of carbonyl (C=O) groups excluding carboxylic acids is 2.